The van der Waals surface area contributed by atoms with Crippen LogP contribution in [0.25, 0.3) is 0 Å². The van der Waals surface area contributed by atoms with E-state index in [0.29, 0.717) is 37.4 Å². The highest BCUT2D eigenvalue weighted by molar-refractivity contribution is 5.87. The molecule has 1 aliphatic carbocycles. The van der Waals surface area contributed by atoms with E-state index in [1.165, 1.54) is 12.8 Å². The molecule has 2 amide bonds. The van der Waals surface area contributed by atoms with Gasteiger partial charge in [0, 0.05) is 19.6 Å². The first-order valence-electron chi connectivity index (χ1n) is 10.8. The van der Waals surface area contributed by atoms with Crippen molar-refractivity contribution in [1.82, 2.24) is 9.80 Å². The number of likely N-dealkylation sites (tertiary alicyclic amines) is 2. The van der Waals surface area contributed by atoms with Crippen LogP contribution >= 0.6 is 0 Å². The highest BCUT2D eigenvalue weighted by atomic mass is 16.5. The Balaban J connectivity index is 1.53. The number of amides is 2. The molecule has 6 heteroatoms. The third-order valence-electron chi connectivity index (χ3n) is 8.03. The van der Waals surface area contributed by atoms with Gasteiger partial charge in [0.2, 0.25) is 12.3 Å². The average molecular weight is 393 g/mol. The van der Waals surface area contributed by atoms with Crippen molar-refractivity contribution in [3.05, 3.63) is 0 Å². The van der Waals surface area contributed by atoms with Gasteiger partial charge < -0.3 is 14.5 Å². The van der Waals surface area contributed by atoms with Crippen molar-refractivity contribution in [2.45, 2.75) is 78.9 Å². The van der Waals surface area contributed by atoms with Gasteiger partial charge in [-0.25, -0.2) is 4.79 Å². The van der Waals surface area contributed by atoms with Crippen LogP contribution in [0.3, 0.4) is 0 Å². The molecule has 0 spiro atoms. The zero-order valence-electron chi connectivity index (χ0n) is 18.1. The minimum absolute atomic E-state index is 0.0103. The van der Waals surface area contributed by atoms with E-state index in [9.17, 15) is 14.4 Å². The molecule has 2 saturated heterocycles. The highest BCUT2D eigenvalue weighted by Crippen LogP contribution is 2.57. The van der Waals surface area contributed by atoms with Gasteiger partial charge in [-0.2, -0.15) is 0 Å². The van der Waals surface area contributed by atoms with Crippen molar-refractivity contribution in [2.75, 3.05) is 19.6 Å². The molecule has 28 heavy (non-hydrogen) atoms. The fourth-order valence-electron chi connectivity index (χ4n) is 5.17. The lowest BCUT2D eigenvalue weighted by atomic mass is 9.66. The summed E-state index contributed by atoms with van der Waals surface area (Å²) in [6.07, 6.45) is 5.38. The molecule has 0 N–H and O–H groups in total. The van der Waals surface area contributed by atoms with E-state index in [4.69, 9.17) is 4.74 Å². The maximum Gasteiger partial charge on any atom is 0.329 e. The first-order valence-corrected chi connectivity index (χ1v) is 10.8. The molecule has 2 aliphatic heterocycles. The van der Waals surface area contributed by atoms with Crippen molar-refractivity contribution in [2.24, 2.45) is 22.7 Å². The highest BCUT2D eigenvalue weighted by Gasteiger charge is 2.49. The molecule has 0 bridgehead atoms. The van der Waals surface area contributed by atoms with Crippen LogP contribution < -0.4 is 0 Å². The predicted molar refractivity (Wildman–Crippen MR) is 106 cm³/mol. The van der Waals surface area contributed by atoms with E-state index >= 15 is 0 Å². The van der Waals surface area contributed by atoms with Crippen LogP contribution in [0.1, 0.15) is 66.7 Å². The number of rotatable bonds is 6. The van der Waals surface area contributed by atoms with Crippen molar-refractivity contribution in [3.8, 4) is 0 Å². The SMILES string of the molecule is CC(CC1CCC(C)(C)C1(C)C)OC(=O)C1CCCN1C(=O)C1CN(C=O)C1. The molecule has 3 atom stereocenters. The number of carbonyl (C=O) groups is 3. The fourth-order valence-corrected chi connectivity index (χ4v) is 5.17. The van der Waals surface area contributed by atoms with Gasteiger partial charge >= 0.3 is 5.97 Å². The third kappa shape index (κ3) is 3.79. The molecule has 3 unspecified atom stereocenters. The number of hydrogen-bond acceptors (Lipinski definition) is 4. The van der Waals surface area contributed by atoms with Crippen LogP contribution in [-0.4, -0.2) is 59.9 Å². The second-order valence-corrected chi connectivity index (χ2v) is 10.3. The summed E-state index contributed by atoms with van der Waals surface area (Å²) >= 11 is 0. The predicted octanol–water partition coefficient (Wildman–Crippen LogP) is 2.85. The van der Waals surface area contributed by atoms with E-state index in [1.807, 2.05) is 6.92 Å². The topological polar surface area (TPSA) is 66.9 Å². The Labute approximate surface area is 169 Å². The molecule has 3 fully saturated rings. The van der Waals surface area contributed by atoms with Crippen LogP contribution in [0.4, 0.5) is 0 Å². The second-order valence-electron chi connectivity index (χ2n) is 10.3. The number of hydrogen-bond donors (Lipinski definition) is 0. The van der Waals surface area contributed by atoms with Gasteiger partial charge in [-0.3, -0.25) is 9.59 Å². The Kier molecular flexibility index (Phi) is 5.79. The van der Waals surface area contributed by atoms with Gasteiger partial charge in [-0.15, -0.1) is 0 Å². The van der Waals surface area contributed by atoms with Gasteiger partial charge in [-0.1, -0.05) is 27.7 Å². The van der Waals surface area contributed by atoms with Crippen LogP contribution in [-0.2, 0) is 19.1 Å². The van der Waals surface area contributed by atoms with E-state index in [2.05, 4.69) is 27.7 Å². The van der Waals surface area contributed by atoms with E-state index in [-0.39, 0.29) is 29.3 Å². The second kappa shape index (κ2) is 7.68. The Morgan fingerprint density at radius 3 is 2.43 bits per heavy atom. The molecule has 2 heterocycles. The molecule has 3 rings (SSSR count). The fraction of sp³-hybridized carbons (Fsp3) is 0.864. The molecular weight excluding hydrogens is 356 g/mol. The zero-order valence-corrected chi connectivity index (χ0v) is 18.1. The standard InChI is InChI=1S/C22H36N2O4/c1-15(11-17-8-9-21(2,3)22(17,4)5)28-20(27)18-7-6-10-24(18)19(26)16-12-23(13-16)14-25/h14-18H,6-13H2,1-5H3. The summed E-state index contributed by atoms with van der Waals surface area (Å²) < 4.78 is 5.81. The Hall–Kier alpha value is -1.59. The first-order chi connectivity index (χ1) is 13.1. The van der Waals surface area contributed by atoms with Crippen LogP contribution in [0.5, 0.6) is 0 Å². The lowest BCUT2D eigenvalue weighted by Gasteiger charge is -2.40. The molecule has 0 aromatic carbocycles. The van der Waals surface area contributed by atoms with Gasteiger partial charge in [0.25, 0.3) is 0 Å². The molecule has 3 aliphatic rings. The van der Waals surface area contributed by atoms with Gasteiger partial charge in [0.15, 0.2) is 0 Å². The number of carbonyl (C=O) groups excluding carboxylic acids is 3. The van der Waals surface area contributed by atoms with Crippen molar-refractivity contribution < 1.29 is 19.1 Å². The summed E-state index contributed by atoms with van der Waals surface area (Å²) in [6.45, 7) is 12.8. The molecule has 6 nitrogen and oxygen atoms in total. The van der Waals surface area contributed by atoms with Crippen LogP contribution in [0.2, 0.25) is 0 Å². The summed E-state index contributed by atoms with van der Waals surface area (Å²) in [5.74, 6) is 0.0947. The lowest BCUT2D eigenvalue weighted by molar-refractivity contribution is -0.161. The summed E-state index contributed by atoms with van der Waals surface area (Å²) in [6, 6.07) is -0.465. The van der Waals surface area contributed by atoms with Crippen LogP contribution in [0.15, 0.2) is 0 Å². The monoisotopic (exact) mass is 392 g/mol. The Morgan fingerprint density at radius 1 is 1.18 bits per heavy atom. The number of esters is 1. The Morgan fingerprint density at radius 2 is 1.86 bits per heavy atom. The minimum Gasteiger partial charge on any atom is -0.461 e. The summed E-state index contributed by atoms with van der Waals surface area (Å²) in [7, 11) is 0. The Bertz CT molecular complexity index is 624. The number of nitrogens with zero attached hydrogens (tertiary/aromatic N) is 2. The summed E-state index contributed by atoms with van der Waals surface area (Å²) in [5, 5.41) is 0. The quantitative estimate of drug-likeness (QED) is 0.515. The first kappa shape index (κ1) is 21.1. The molecular formula is C22H36N2O4. The zero-order chi connectivity index (χ0) is 20.7. The lowest BCUT2D eigenvalue weighted by Crippen LogP contribution is -2.55. The van der Waals surface area contributed by atoms with Gasteiger partial charge in [0.1, 0.15) is 6.04 Å². The largest absolute Gasteiger partial charge is 0.461 e. The molecule has 0 aromatic heterocycles. The minimum atomic E-state index is -0.465. The average Bonchev–Trinajstić information content (AvgIpc) is 3.13. The van der Waals surface area contributed by atoms with E-state index in [0.717, 1.165) is 19.3 Å². The maximum absolute atomic E-state index is 12.8. The van der Waals surface area contributed by atoms with Crippen molar-refractivity contribution in [1.29, 1.82) is 0 Å². The molecule has 158 valence electrons. The molecule has 0 radical (unpaired) electrons. The van der Waals surface area contributed by atoms with E-state index < -0.39 is 6.04 Å². The molecule has 0 aromatic rings. The third-order valence-corrected chi connectivity index (χ3v) is 8.03. The van der Waals surface area contributed by atoms with Crippen molar-refractivity contribution in [3.63, 3.8) is 0 Å². The van der Waals surface area contributed by atoms with Gasteiger partial charge in [-0.05, 0) is 55.8 Å². The smallest absolute Gasteiger partial charge is 0.329 e. The van der Waals surface area contributed by atoms with Crippen molar-refractivity contribution >= 4 is 18.3 Å². The maximum atomic E-state index is 12.8. The molecule has 1 saturated carbocycles. The summed E-state index contributed by atoms with van der Waals surface area (Å²) in [4.78, 5) is 39.5. The van der Waals surface area contributed by atoms with Crippen LogP contribution in [0, 0.1) is 22.7 Å². The number of ether oxygens (including phenoxy) is 1. The summed E-state index contributed by atoms with van der Waals surface area (Å²) in [5.41, 5.74) is 0.520. The normalized spacial score (nSPS) is 30.0. The van der Waals surface area contributed by atoms with E-state index in [1.54, 1.807) is 9.80 Å². The van der Waals surface area contributed by atoms with Gasteiger partial charge in [0.05, 0.1) is 12.0 Å².